The summed E-state index contributed by atoms with van der Waals surface area (Å²) in [7, 11) is 2.02. The van der Waals surface area contributed by atoms with Gasteiger partial charge in [-0.1, -0.05) is 6.07 Å². The summed E-state index contributed by atoms with van der Waals surface area (Å²) in [6.45, 7) is 4.91. The molecule has 0 bridgehead atoms. The molecular weight excluding hydrogens is 302 g/mol. The van der Waals surface area contributed by atoms with Crippen molar-refractivity contribution in [2.45, 2.75) is 19.4 Å². The van der Waals surface area contributed by atoms with E-state index in [1.54, 1.807) is 15.3 Å². The van der Waals surface area contributed by atoms with Gasteiger partial charge in [-0.15, -0.1) is 17.5 Å². The van der Waals surface area contributed by atoms with Crippen LogP contribution in [0.5, 0.6) is 0 Å². The number of hydrogen-bond acceptors (Lipinski definition) is 4. The van der Waals surface area contributed by atoms with Crippen molar-refractivity contribution in [1.82, 2.24) is 24.4 Å². The maximum absolute atomic E-state index is 12.2. The maximum Gasteiger partial charge on any atom is 0.350 e. The van der Waals surface area contributed by atoms with E-state index in [0.717, 1.165) is 37.7 Å². The Morgan fingerprint density at radius 1 is 1.27 bits per heavy atom. The van der Waals surface area contributed by atoms with Crippen LogP contribution in [0.25, 0.3) is 5.65 Å². The van der Waals surface area contributed by atoms with Crippen molar-refractivity contribution in [2.24, 2.45) is 5.92 Å². The minimum Gasteiger partial charge on any atom is -0.319 e. The highest BCUT2D eigenvalue weighted by Gasteiger charge is 2.18. The molecule has 3 rings (SSSR count). The van der Waals surface area contributed by atoms with Crippen molar-refractivity contribution in [3.8, 4) is 0 Å². The van der Waals surface area contributed by atoms with Crippen LogP contribution >= 0.6 is 12.4 Å². The zero-order valence-corrected chi connectivity index (χ0v) is 13.8. The van der Waals surface area contributed by atoms with Gasteiger partial charge in [-0.2, -0.15) is 0 Å². The summed E-state index contributed by atoms with van der Waals surface area (Å²) in [5.74, 6) is 0.796. The molecule has 2 aromatic rings. The lowest BCUT2D eigenvalue weighted by Gasteiger charge is -2.31. The summed E-state index contributed by atoms with van der Waals surface area (Å²) in [5.41, 5.74) is 0.672. The molecule has 3 heterocycles. The summed E-state index contributed by atoms with van der Waals surface area (Å²) in [5, 5.41) is 7.63. The number of pyridine rings is 1. The monoisotopic (exact) mass is 325 g/mol. The Balaban J connectivity index is 0.00000176. The topological polar surface area (TPSA) is 54.6 Å². The fourth-order valence-corrected chi connectivity index (χ4v) is 3.05. The fraction of sp³-hybridized carbons (Fsp3) is 0.600. The van der Waals surface area contributed by atoms with Gasteiger partial charge >= 0.3 is 5.69 Å². The summed E-state index contributed by atoms with van der Waals surface area (Å²) >= 11 is 0. The van der Waals surface area contributed by atoms with Crippen molar-refractivity contribution in [1.29, 1.82) is 0 Å². The van der Waals surface area contributed by atoms with Crippen molar-refractivity contribution in [3.63, 3.8) is 0 Å². The van der Waals surface area contributed by atoms with E-state index in [2.05, 4.69) is 15.3 Å². The molecule has 0 atom stereocenters. The normalized spacial score (nSPS) is 16.8. The van der Waals surface area contributed by atoms with Crippen LogP contribution in [0.2, 0.25) is 0 Å². The average Bonchev–Trinajstić information content (AvgIpc) is 2.84. The Morgan fingerprint density at radius 3 is 2.73 bits per heavy atom. The molecule has 2 aromatic heterocycles. The molecule has 0 aromatic carbocycles. The molecule has 0 radical (unpaired) electrons. The first-order valence-electron chi connectivity index (χ1n) is 7.69. The van der Waals surface area contributed by atoms with Crippen LogP contribution in [-0.4, -0.2) is 52.3 Å². The minimum atomic E-state index is -0.0457. The highest BCUT2D eigenvalue weighted by Crippen LogP contribution is 2.15. The lowest BCUT2D eigenvalue weighted by Crippen LogP contribution is -2.39. The second-order valence-corrected chi connectivity index (χ2v) is 5.78. The zero-order valence-electron chi connectivity index (χ0n) is 12.9. The average molecular weight is 326 g/mol. The van der Waals surface area contributed by atoms with Gasteiger partial charge in [0.15, 0.2) is 5.65 Å². The van der Waals surface area contributed by atoms with Gasteiger partial charge in [-0.25, -0.2) is 9.48 Å². The van der Waals surface area contributed by atoms with Crippen LogP contribution in [0.1, 0.15) is 12.8 Å². The second-order valence-electron chi connectivity index (χ2n) is 5.78. The van der Waals surface area contributed by atoms with Gasteiger partial charge in [0.25, 0.3) is 0 Å². The summed E-state index contributed by atoms with van der Waals surface area (Å²) in [6, 6.07) is 5.62. The van der Waals surface area contributed by atoms with Gasteiger partial charge in [0.05, 0.1) is 6.54 Å². The standard InChI is InChI=1S/C15H23N5O.ClH/c1-16-12-13-5-8-18(9-6-13)10-11-20-15(21)19-7-3-2-4-14(19)17-20;/h2-4,7,13,16H,5-6,8-12H2,1H3;1H. The third kappa shape index (κ3) is 3.69. The van der Waals surface area contributed by atoms with E-state index < -0.39 is 0 Å². The lowest BCUT2D eigenvalue weighted by molar-refractivity contribution is 0.176. The molecule has 1 fully saturated rings. The van der Waals surface area contributed by atoms with Crippen LogP contribution in [0.15, 0.2) is 29.2 Å². The molecular formula is C15H24ClN5O. The largest absolute Gasteiger partial charge is 0.350 e. The Morgan fingerprint density at radius 2 is 2.05 bits per heavy atom. The fourth-order valence-electron chi connectivity index (χ4n) is 3.05. The first kappa shape index (κ1) is 17.0. The van der Waals surface area contributed by atoms with Crippen molar-refractivity contribution in [3.05, 3.63) is 34.9 Å². The van der Waals surface area contributed by atoms with Gasteiger partial charge in [0.2, 0.25) is 0 Å². The molecule has 0 spiro atoms. The van der Waals surface area contributed by atoms with E-state index in [1.807, 2.05) is 25.2 Å². The molecule has 0 saturated carbocycles. The number of fused-ring (bicyclic) bond motifs is 1. The number of likely N-dealkylation sites (tertiary alicyclic amines) is 1. The van der Waals surface area contributed by atoms with E-state index >= 15 is 0 Å². The molecule has 1 aliphatic rings. The molecule has 0 amide bonds. The molecule has 6 nitrogen and oxygen atoms in total. The van der Waals surface area contributed by atoms with E-state index in [-0.39, 0.29) is 18.1 Å². The van der Waals surface area contributed by atoms with Gasteiger partial charge in [-0.05, 0) is 57.6 Å². The number of hydrogen-bond donors (Lipinski definition) is 1. The molecule has 7 heteroatoms. The van der Waals surface area contributed by atoms with Gasteiger partial charge in [0.1, 0.15) is 0 Å². The zero-order chi connectivity index (χ0) is 14.7. The van der Waals surface area contributed by atoms with Crippen molar-refractivity contribution in [2.75, 3.05) is 33.2 Å². The lowest BCUT2D eigenvalue weighted by atomic mass is 9.97. The quantitative estimate of drug-likeness (QED) is 0.885. The van der Waals surface area contributed by atoms with Crippen molar-refractivity contribution < 1.29 is 0 Å². The van der Waals surface area contributed by atoms with Gasteiger partial charge < -0.3 is 10.2 Å². The molecule has 1 saturated heterocycles. The number of nitrogens with one attached hydrogen (secondary N) is 1. The first-order valence-corrected chi connectivity index (χ1v) is 7.69. The van der Waals surface area contributed by atoms with Crippen LogP contribution < -0.4 is 11.0 Å². The summed E-state index contributed by atoms with van der Waals surface area (Å²) < 4.78 is 3.17. The predicted octanol–water partition coefficient (Wildman–Crippen LogP) is 0.849. The van der Waals surface area contributed by atoms with Crippen LogP contribution in [0.3, 0.4) is 0 Å². The molecule has 22 heavy (non-hydrogen) atoms. The predicted molar refractivity (Wildman–Crippen MR) is 89.8 cm³/mol. The number of rotatable bonds is 5. The number of aromatic nitrogens is 3. The highest BCUT2D eigenvalue weighted by molar-refractivity contribution is 5.85. The Hall–Kier alpha value is -1.37. The van der Waals surface area contributed by atoms with E-state index in [9.17, 15) is 4.79 Å². The first-order chi connectivity index (χ1) is 10.3. The summed E-state index contributed by atoms with van der Waals surface area (Å²) in [4.78, 5) is 14.6. The van der Waals surface area contributed by atoms with Gasteiger partial charge in [0, 0.05) is 12.7 Å². The molecule has 122 valence electrons. The number of piperidine rings is 1. The highest BCUT2D eigenvalue weighted by atomic mass is 35.5. The van der Waals surface area contributed by atoms with Crippen LogP contribution in [0, 0.1) is 5.92 Å². The summed E-state index contributed by atoms with van der Waals surface area (Å²) in [6.07, 6.45) is 4.24. The third-order valence-corrected chi connectivity index (χ3v) is 4.32. The van der Waals surface area contributed by atoms with Crippen molar-refractivity contribution >= 4 is 18.1 Å². The van der Waals surface area contributed by atoms with E-state index in [4.69, 9.17) is 0 Å². The SMILES string of the molecule is CNCC1CCN(CCn2nc3ccccn3c2=O)CC1.Cl. The Bertz CT molecular complexity index is 645. The van der Waals surface area contributed by atoms with E-state index in [1.165, 1.54) is 12.8 Å². The van der Waals surface area contributed by atoms with Crippen LogP contribution in [0.4, 0.5) is 0 Å². The second kappa shape index (κ2) is 7.76. The van der Waals surface area contributed by atoms with E-state index in [0.29, 0.717) is 6.54 Å². The number of halogens is 1. The molecule has 0 unspecified atom stereocenters. The maximum atomic E-state index is 12.2. The van der Waals surface area contributed by atoms with Crippen LogP contribution in [-0.2, 0) is 6.54 Å². The molecule has 1 aliphatic heterocycles. The Kier molecular flexibility index (Phi) is 5.99. The minimum absolute atomic E-state index is 0. The smallest absolute Gasteiger partial charge is 0.319 e. The Labute approximate surface area is 136 Å². The molecule has 0 aliphatic carbocycles. The van der Waals surface area contributed by atoms with Gasteiger partial charge in [-0.3, -0.25) is 4.40 Å². The molecule has 1 N–H and O–H groups in total. The third-order valence-electron chi connectivity index (χ3n) is 4.32. The number of nitrogens with zero attached hydrogens (tertiary/aromatic N) is 4.